The molecule has 2 heterocycles. The summed E-state index contributed by atoms with van der Waals surface area (Å²) in [5.41, 5.74) is 3.83. The van der Waals surface area contributed by atoms with E-state index in [-0.39, 0.29) is 5.69 Å². The van der Waals surface area contributed by atoms with Gasteiger partial charge in [0.15, 0.2) is 0 Å². The van der Waals surface area contributed by atoms with Crippen molar-refractivity contribution < 1.29 is 4.92 Å². The van der Waals surface area contributed by atoms with E-state index >= 15 is 0 Å². The molecule has 0 aliphatic heterocycles. The van der Waals surface area contributed by atoms with Crippen molar-refractivity contribution in [1.82, 2.24) is 4.68 Å². The molecular formula is C23H20N4O2S2. The number of hydrogen-bond donors (Lipinski definition) is 0. The average molecular weight is 449 g/mol. The molecule has 6 nitrogen and oxygen atoms in total. The molecule has 0 bridgehead atoms. The third-order valence-electron chi connectivity index (χ3n) is 4.69. The molecule has 31 heavy (non-hydrogen) atoms. The summed E-state index contributed by atoms with van der Waals surface area (Å²) >= 11 is 3.08. The van der Waals surface area contributed by atoms with Crippen LogP contribution in [0, 0.1) is 10.1 Å². The molecule has 0 aliphatic carbocycles. The first kappa shape index (κ1) is 20.9. The SMILES string of the molecule is CC(C)c1ccc(N=c2scc(-c3ccc([N+](=O)[O-])cc3)n2N=Cc2cccs2)cc1. The van der Waals surface area contributed by atoms with E-state index in [0.717, 1.165) is 26.6 Å². The second-order valence-corrected chi connectivity index (χ2v) is 8.95. The number of aromatic nitrogens is 1. The highest BCUT2D eigenvalue weighted by molar-refractivity contribution is 7.11. The largest absolute Gasteiger partial charge is 0.269 e. The average Bonchev–Trinajstić information content (AvgIpc) is 3.42. The van der Waals surface area contributed by atoms with Crippen molar-refractivity contribution in [2.75, 3.05) is 0 Å². The van der Waals surface area contributed by atoms with Crippen molar-refractivity contribution >= 4 is 40.3 Å². The number of thiazole rings is 1. The summed E-state index contributed by atoms with van der Waals surface area (Å²) in [6, 6.07) is 18.6. The van der Waals surface area contributed by atoms with Gasteiger partial charge in [-0.25, -0.2) is 9.67 Å². The summed E-state index contributed by atoms with van der Waals surface area (Å²) in [5.74, 6) is 0.463. The third kappa shape index (κ3) is 4.87. The Morgan fingerprint density at radius 3 is 2.39 bits per heavy atom. The van der Waals surface area contributed by atoms with E-state index in [0.29, 0.717) is 5.92 Å². The Kier molecular flexibility index (Phi) is 6.20. The van der Waals surface area contributed by atoms with Gasteiger partial charge >= 0.3 is 0 Å². The number of thiophene rings is 1. The summed E-state index contributed by atoms with van der Waals surface area (Å²) in [7, 11) is 0. The topological polar surface area (TPSA) is 72.8 Å². The van der Waals surface area contributed by atoms with E-state index in [2.05, 4.69) is 31.1 Å². The molecule has 0 spiro atoms. The Balaban J connectivity index is 1.78. The molecule has 4 aromatic rings. The highest BCUT2D eigenvalue weighted by atomic mass is 32.1. The Morgan fingerprint density at radius 1 is 1.03 bits per heavy atom. The van der Waals surface area contributed by atoms with Gasteiger partial charge in [0, 0.05) is 28.0 Å². The van der Waals surface area contributed by atoms with Crippen LogP contribution >= 0.6 is 22.7 Å². The molecule has 2 aromatic heterocycles. The number of nitro groups is 1. The van der Waals surface area contributed by atoms with E-state index in [1.807, 2.05) is 35.0 Å². The van der Waals surface area contributed by atoms with Crippen LogP contribution in [0.1, 0.15) is 30.2 Å². The van der Waals surface area contributed by atoms with Gasteiger partial charge in [-0.3, -0.25) is 10.1 Å². The predicted octanol–water partition coefficient (Wildman–Crippen LogP) is 6.42. The summed E-state index contributed by atoms with van der Waals surface area (Å²) in [6.07, 6.45) is 1.80. The van der Waals surface area contributed by atoms with Gasteiger partial charge in [-0.15, -0.1) is 22.7 Å². The quantitative estimate of drug-likeness (QED) is 0.194. The van der Waals surface area contributed by atoms with Crippen LogP contribution in [0.15, 0.2) is 81.5 Å². The Morgan fingerprint density at radius 2 is 1.77 bits per heavy atom. The van der Waals surface area contributed by atoms with E-state index in [1.54, 1.807) is 34.4 Å². The van der Waals surface area contributed by atoms with Gasteiger partial charge in [0.1, 0.15) is 0 Å². The second kappa shape index (κ2) is 9.20. The van der Waals surface area contributed by atoms with Gasteiger partial charge in [-0.05, 0) is 47.2 Å². The van der Waals surface area contributed by atoms with Crippen molar-refractivity contribution in [2.24, 2.45) is 10.1 Å². The number of nitrogens with zero attached hydrogens (tertiary/aromatic N) is 4. The molecule has 0 fully saturated rings. The number of benzene rings is 2. The molecule has 8 heteroatoms. The van der Waals surface area contributed by atoms with Gasteiger partial charge in [0.2, 0.25) is 4.80 Å². The molecule has 2 aromatic carbocycles. The lowest BCUT2D eigenvalue weighted by Crippen LogP contribution is -2.11. The van der Waals surface area contributed by atoms with E-state index in [4.69, 9.17) is 4.99 Å². The van der Waals surface area contributed by atoms with E-state index < -0.39 is 4.92 Å². The highest BCUT2D eigenvalue weighted by Gasteiger charge is 2.11. The van der Waals surface area contributed by atoms with Gasteiger partial charge < -0.3 is 0 Å². The molecule has 4 rings (SSSR count). The van der Waals surface area contributed by atoms with E-state index in [1.165, 1.54) is 29.0 Å². The van der Waals surface area contributed by atoms with Crippen LogP contribution in [-0.4, -0.2) is 15.8 Å². The predicted molar refractivity (Wildman–Crippen MR) is 127 cm³/mol. The molecule has 0 saturated carbocycles. The van der Waals surface area contributed by atoms with E-state index in [9.17, 15) is 10.1 Å². The normalized spacial score (nSPS) is 12.2. The zero-order valence-corrected chi connectivity index (χ0v) is 18.6. The van der Waals surface area contributed by atoms with Crippen LogP contribution in [0.4, 0.5) is 11.4 Å². The lowest BCUT2D eigenvalue weighted by atomic mass is 10.0. The molecule has 156 valence electrons. The molecule has 0 radical (unpaired) electrons. The minimum Gasteiger partial charge on any atom is -0.258 e. The number of non-ortho nitro benzene ring substituents is 1. The summed E-state index contributed by atoms with van der Waals surface area (Å²) in [4.78, 5) is 17.1. The smallest absolute Gasteiger partial charge is 0.258 e. The second-order valence-electron chi connectivity index (χ2n) is 7.14. The molecule has 0 unspecified atom stereocenters. The van der Waals surface area contributed by atoms with Crippen LogP contribution in [0.25, 0.3) is 11.3 Å². The van der Waals surface area contributed by atoms with Crippen molar-refractivity contribution in [3.63, 3.8) is 0 Å². The van der Waals surface area contributed by atoms with Gasteiger partial charge in [0.05, 0.1) is 22.5 Å². The van der Waals surface area contributed by atoms with Gasteiger partial charge in [-0.2, -0.15) is 5.10 Å². The fourth-order valence-corrected chi connectivity index (χ4v) is 4.40. The fourth-order valence-electron chi connectivity index (χ4n) is 2.96. The van der Waals surface area contributed by atoms with Crippen molar-refractivity contribution in [1.29, 1.82) is 0 Å². The van der Waals surface area contributed by atoms with Gasteiger partial charge in [-0.1, -0.05) is 32.0 Å². The van der Waals surface area contributed by atoms with Crippen LogP contribution < -0.4 is 4.80 Å². The summed E-state index contributed by atoms with van der Waals surface area (Å²) < 4.78 is 1.78. The van der Waals surface area contributed by atoms with Gasteiger partial charge in [0.25, 0.3) is 5.69 Å². The number of rotatable bonds is 6. The maximum Gasteiger partial charge on any atom is 0.269 e. The van der Waals surface area contributed by atoms with Crippen LogP contribution in [-0.2, 0) is 0 Å². The van der Waals surface area contributed by atoms with Crippen LogP contribution in [0.5, 0.6) is 0 Å². The Bertz CT molecular complexity index is 1270. The zero-order valence-electron chi connectivity index (χ0n) is 17.0. The number of hydrogen-bond acceptors (Lipinski definition) is 6. The third-order valence-corrected chi connectivity index (χ3v) is 6.31. The van der Waals surface area contributed by atoms with Crippen LogP contribution in [0.2, 0.25) is 0 Å². The fraction of sp³-hybridized carbons (Fsp3) is 0.130. The minimum atomic E-state index is -0.401. The molecule has 0 atom stereocenters. The van der Waals surface area contributed by atoms with Crippen molar-refractivity contribution in [3.8, 4) is 11.3 Å². The number of nitro benzene ring substituents is 1. The molecule has 0 N–H and O–H groups in total. The zero-order chi connectivity index (χ0) is 21.8. The standard InChI is InChI=1S/C23H20N4O2S2/c1-16(2)17-5-9-19(10-6-17)25-23-26(24-14-21-4-3-13-30-21)22(15-31-23)18-7-11-20(12-8-18)27(28)29/h3-16H,1-2H3. The maximum absolute atomic E-state index is 11.0. The van der Waals surface area contributed by atoms with Crippen molar-refractivity contribution in [3.05, 3.63) is 96.8 Å². The van der Waals surface area contributed by atoms with Crippen LogP contribution in [0.3, 0.4) is 0 Å². The maximum atomic E-state index is 11.0. The molecular weight excluding hydrogens is 428 g/mol. The monoisotopic (exact) mass is 448 g/mol. The lowest BCUT2D eigenvalue weighted by Gasteiger charge is -2.05. The Hall–Kier alpha value is -3.36. The highest BCUT2D eigenvalue weighted by Crippen LogP contribution is 2.24. The summed E-state index contributed by atoms with van der Waals surface area (Å²) in [6.45, 7) is 4.32. The molecule has 0 amide bonds. The first-order valence-corrected chi connectivity index (χ1v) is 11.4. The lowest BCUT2D eigenvalue weighted by molar-refractivity contribution is -0.384. The van der Waals surface area contributed by atoms with Crippen molar-refractivity contribution in [2.45, 2.75) is 19.8 Å². The Labute approximate surface area is 187 Å². The minimum absolute atomic E-state index is 0.0581. The first-order chi connectivity index (χ1) is 15.0. The summed E-state index contributed by atoms with van der Waals surface area (Å²) in [5, 5.41) is 19.6. The first-order valence-electron chi connectivity index (χ1n) is 9.69. The molecule has 0 saturated heterocycles. The molecule has 0 aliphatic rings.